The van der Waals surface area contributed by atoms with Crippen LogP contribution < -0.4 is 44.7 Å². The molecule has 4 aromatic rings. The molecule has 0 aliphatic carbocycles. The van der Waals surface area contributed by atoms with Gasteiger partial charge in [0.25, 0.3) is 16.0 Å². The summed E-state index contributed by atoms with van der Waals surface area (Å²) in [6, 6.07) is 15.5. The van der Waals surface area contributed by atoms with Crippen LogP contribution in [0.1, 0.15) is 15.9 Å². The van der Waals surface area contributed by atoms with Crippen molar-refractivity contribution in [2.45, 2.75) is 11.8 Å². The van der Waals surface area contributed by atoms with Crippen molar-refractivity contribution >= 4 is 67.1 Å². The van der Waals surface area contributed by atoms with Gasteiger partial charge in [0.1, 0.15) is 10.6 Å². The third-order valence-electron chi connectivity index (χ3n) is 5.47. The first kappa shape index (κ1) is 29.9. The maximum Gasteiger partial charge on any atom is 1.00 e. The molecule has 4 aromatic carbocycles. The molecule has 0 saturated carbocycles. The van der Waals surface area contributed by atoms with Crippen molar-refractivity contribution in [3.05, 3.63) is 81.8 Å². The standard InChI is InChI=1S/C25H19Cl2N3O6S.Na/c1-13-17(26)10-11-20(24(13)37(33,34)35)29-30-21-15-7-4-3-6-14(15)12-16(22(21)31)25(32)28-19-9-5-8-18(27)23(19)36-2;/h3-12,31H,1-2H3,(H,28,32)(H,33,34,35);/q;+1/p-1. The second kappa shape index (κ2) is 12.0. The predicted octanol–water partition coefficient (Wildman–Crippen LogP) is 3.46. The maximum absolute atomic E-state index is 13.4. The van der Waals surface area contributed by atoms with E-state index in [1.807, 2.05) is 0 Å². The topological polar surface area (TPSA) is 140 Å². The summed E-state index contributed by atoms with van der Waals surface area (Å²) in [5.41, 5.74) is -0.347. The van der Waals surface area contributed by atoms with E-state index >= 15 is 0 Å². The first-order chi connectivity index (χ1) is 17.5. The van der Waals surface area contributed by atoms with Crippen LogP contribution in [-0.4, -0.2) is 26.0 Å². The molecule has 0 bridgehead atoms. The van der Waals surface area contributed by atoms with Crippen LogP contribution in [0.2, 0.25) is 10.0 Å². The smallest absolute Gasteiger partial charge is 0.870 e. The van der Waals surface area contributed by atoms with Crippen LogP contribution in [0.15, 0.2) is 75.8 Å². The SMILES string of the molecule is COc1c(Cl)cccc1NC(=O)c1cc2ccccc2c(N=Nc2ccc(Cl)c(C)c2S(=O)(=O)O)c1[O-].[Na+]. The number of hydrogen-bond acceptors (Lipinski definition) is 7. The summed E-state index contributed by atoms with van der Waals surface area (Å²) in [4.78, 5) is 12.6. The van der Waals surface area contributed by atoms with Crippen molar-refractivity contribution in [1.82, 2.24) is 0 Å². The molecule has 190 valence electrons. The van der Waals surface area contributed by atoms with Gasteiger partial charge < -0.3 is 15.2 Å². The normalized spacial score (nSPS) is 11.4. The molecule has 2 N–H and O–H groups in total. The zero-order valence-corrected chi connectivity index (χ0v) is 24.6. The van der Waals surface area contributed by atoms with Crippen LogP contribution in [0.5, 0.6) is 11.5 Å². The van der Waals surface area contributed by atoms with Crippen molar-refractivity contribution in [3.8, 4) is 11.5 Å². The van der Waals surface area contributed by atoms with Gasteiger partial charge in [-0.05, 0) is 48.2 Å². The largest absolute Gasteiger partial charge is 1.00 e. The molecular formula is C25H18Cl2N3NaO6S. The van der Waals surface area contributed by atoms with Crippen molar-refractivity contribution in [1.29, 1.82) is 0 Å². The average molecular weight is 582 g/mol. The number of rotatable bonds is 6. The van der Waals surface area contributed by atoms with Gasteiger partial charge >= 0.3 is 29.6 Å². The summed E-state index contributed by atoms with van der Waals surface area (Å²) >= 11 is 12.1. The molecule has 0 atom stereocenters. The fourth-order valence-corrected chi connectivity index (χ4v) is 5.08. The third-order valence-corrected chi connectivity index (χ3v) is 7.21. The number of carbonyl (C=O) groups is 1. The molecule has 4 rings (SSSR count). The second-order valence-electron chi connectivity index (χ2n) is 7.79. The Morgan fingerprint density at radius 2 is 1.74 bits per heavy atom. The first-order valence-corrected chi connectivity index (χ1v) is 12.8. The monoisotopic (exact) mass is 581 g/mol. The minimum atomic E-state index is -4.71. The molecule has 0 unspecified atom stereocenters. The van der Waals surface area contributed by atoms with Crippen LogP contribution in [-0.2, 0) is 10.1 Å². The van der Waals surface area contributed by atoms with Crippen LogP contribution in [0.3, 0.4) is 0 Å². The van der Waals surface area contributed by atoms with Crippen molar-refractivity contribution in [2.24, 2.45) is 10.2 Å². The predicted molar refractivity (Wildman–Crippen MR) is 140 cm³/mol. The Balaban J connectivity index is 0.00000400. The van der Waals surface area contributed by atoms with Crippen molar-refractivity contribution < 1.29 is 57.2 Å². The zero-order valence-electron chi connectivity index (χ0n) is 20.3. The Hall–Kier alpha value is -2.70. The minimum Gasteiger partial charge on any atom is -0.870 e. The molecule has 13 heteroatoms. The summed E-state index contributed by atoms with van der Waals surface area (Å²) in [5.74, 6) is -1.27. The molecule has 9 nitrogen and oxygen atoms in total. The second-order valence-corrected chi connectivity index (χ2v) is 9.97. The number of anilines is 1. The molecule has 1 amide bonds. The van der Waals surface area contributed by atoms with Crippen molar-refractivity contribution in [2.75, 3.05) is 12.4 Å². The Morgan fingerprint density at radius 1 is 1.03 bits per heavy atom. The van der Waals surface area contributed by atoms with E-state index < -0.39 is 26.7 Å². The van der Waals surface area contributed by atoms with E-state index in [0.29, 0.717) is 10.8 Å². The summed E-state index contributed by atoms with van der Waals surface area (Å²) in [7, 11) is -3.32. The Labute approximate surface area is 250 Å². The van der Waals surface area contributed by atoms with Gasteiger partial charge in [-0.1, -0.05) is 59.3 Å². The molecule has 0 heterocycles. The van der Waals surface area contributed by atoms with Crippen LogP contribution in [0, 0.1) is 6.92 Å². The molecule has 0 aromatic heterocycles. The fraction of sp³-hybridized carbons (Fsp3) is 0.0800. The van der Waals surface area contributed by atoms with E-state index in [1.165, 1.54) is 32.2 Å². The van der Waals surface area contributed by atoms with Gasteiger partial charge in [0.05, 0.1) is 23.5 Å². The number of carbonyl (C=O) groups excluding carboxylic acids is 1. The number of para-hydroxylation sites is 1. The number of fused-ring (bicyclic) bond motifs is 1. The number of ether oxygens (including phenoxy) is 1. The quantitative estimate of drug-likeness (QED) is 0.203. The van der Waals surface area contributed by atoms with E-state index in [9.17, 15) is 22.9 Å². The number of hydrogen-bond donors (Lipinski definition) is 2. The number of amides is 1. The van der Waals surface area contributed by atoms with Crippen LogP contribution in [0.4, 0.5) is 17.1 Å². The maximum atomic E-state index is 13.4. The van der Waals surface area contributed by atoms with E-state index in [4.69, 9.17) is 27.9 Å². The summed E-state index contributed by atoms with van der Waals surface area (Å²) in [6.07, 6.45) is 0. The molecule has 38 heavy (non-hydrogen) atoms. The first-order valence-electron chi connectivity index (χ1n) is 10.6. The summed E-state index contributed by atoms with van der Waals surface area (Å²) < 4.78 is 38.9. The van der Waals surface area contributed by atoms with Gasteiger partial charge in [-0.2, -0.15) is 13.5 Å². The van der Waals surface area contributed by atoms with Crippen molar-refractivity contribution in [3.63, 3.8) is 0 Å². The minimum absolute atomic E-state index is 0. The third kappa shape index (κ3) is 5.97. The number of nitrogens with one attached hydrogen (secondary N) is 1. The summed E-state index contributed by atoms with van der Waals surface area (Å²) in [6.45, 7) is 1.40. The number of nitrogens with zero attached hydrogens (tertiary/aromatic N) is 2. The Kier molecular flexibility index (Phi) is 9.43. The van der Waals surface area contributed by atoms with Crippen LogP contribution in [0.25, 0.3) is 10.8 Å². The average Bonchev–Trinajstić information content (AvgIpc) is 2.84. The molecule has 0 saturated heterocycles. The molecule has 0 radical (unpaired) electrons. The van der Waals surface area contributed by atoms with E-state index in [0.717, 1.165) is 0 Å². The van der Waals surface area contributed by atoms with E-state index in [-0.39, 0.29) is 73.5 Å². The number of azo groups is 1. The zero-order chi connectivity index (χ0) is 26.9. The van der Waals surface area contributed by atoms with Gasteiger partial charge in [0.2, 0.25) is 0 Å². The molecular weight excluding hydrogens is 564 g/mol. The fourth-order valence-electron chi connectivity index (χ4n) is 3.74. The molecule has 0 spiro atoms. The van der Waals surface area contributed by atoms with Gasteiger partial charge in [-0.3, -0.25) is 9.35 Å². The Morgan fingerprint density at radius 3 is 2.42 bits per heavy atom. The Bertz CT molecular complexity index is 1700. The summed E-state index contributed by atoms with van der Waals surface area (Å²) in [5, 5.41) is 25.2. The van der Waals surface area contributed by atoms with Gasteiger partial charge in [-0.15, -0.1) is 5.11 Å². The number of halogens is 2. The van der Waals surface area contributed by atoms with Gasteiger partial charge in [0.15, 0.2) is 5.75 Å². The van der Waals surface area contributed by atoms with Gasteiger partial charge in [0, 0.05) is 16.0 Å². The van der Waals surface area contributed by atoms with E-state index in [2.05, 4.69) is 15.5 Å². The molecule has 0 aliphatic rings. The van der Waals surface area contributed by atoms with Gasteiger partial charge in [-0.25, -0.2) is 0 Å². The van der Waals surface area contributed by atoms with Crippen LogP contribution >= 0.6 is 23.2 Å². The number of methoxy groups -OCH3 is 1. The molecule has 0 aliphatic heterocycles. The number of benzene rings is 4. The molecule has 0 fully saturated rings. The van der Waals surface area contributed by atoms with E-state index in [1.54, 1.807) is 42.5 Å².